The Balaban J connectivity index is 0.00000156. The second-order valence-electron chi connectivity index (χ2n) is 6.04. The quantitative estimate of drug-likeness (QED) is 0.680. The van der Waals surface area contributed by atoms with Crippen molar-refractivity contribution in [2.24, 2.45) is 0 Å². The van der Waals surface area contributed by atoms with E-state index >= 15 is 0 Å². The molecule has 3 nitrogen and oxygen atoms in total. The lowest BCUT2D eigenvalue weighted by molar-refractivity contribution is 0.700. The fourth-order valence-corrected chi connectivity index (χ4v) is 4.37. The summed E-state index contributed by atoms with van der Waals surface area (Å²) in [6.07, 6.45) is 6.60. The molecule has 0 unspecified atom stereocenters. The van der Waals surface area contributed by atoms with Crippen molar-refractivity contribution in [1.29, 1.82) is 0 Å². The van der Waals surface area contributed by atoms with Crippen LogP contribution in [0.4, 0.5) is 11.5 Å². The van der Waals surface area contributed by atoms with Gasteiger partial charge in [-0.05, 0) is 68.4 Å². The van der Waals surface area contributed by atoms with Crippen LogP contribution in [-0.2, 0) is 12.8 Å². The predicted octanol–water partition coefficient (Wildman–Crippen LogP) is 5.35. The maximum atomic E-state index is 4.52. The van der Waals surface area contributed by atoms with Gasteiger partial charge in [0, 0.05) is 10.6 Å². The van der Waals surface area contributed by atoms with Gasteiger partial charge in [-0.3, -0.25) is 0 Å². The summed E-state index contributed by atoms with van der Waals surface area (Å²) in [5.74, 6) is 0.952. The third-order valence-corrected chi connectivity index (χ3v) is 5.72. The van der Waals surface area contributed by atoms with E-state index in [-0.39, 0.29) is 12.4 Å². The maximum absolute atomic E-state index is 4.52. The lowest BCUT2D eigenvalue weighted by Gasteiger charge is -2.13. The first-order chi connectivity index (χ1) is 10.7. The highest BCUT2D eigenvalue weighted by atomic mass is 35.5. The first-order valence-corrected chi connectivity index (χ1v) is 8.63. The first kappa shape index (κ1) is 16.2. The normalized spacial score (nSPS) is 13.5. The number of nitrogens with zero attached hydrogens (tertiary/aromatic N) is 2. The van der Waals surface area contributed by atoms with Crippen LogP contribution in [-0.4, -0.2) is 9.97 Å². The summed E-state index contributed by atoms with van der Waals surface area (Å²) in [5, 5.41) is 4.74. The molecule has 2 aromatic heterocycles. The van der Waals surface area contributed by atoms with Gasteiger partial charge in [-0.2, -0.15) is 0 Å². The molecule has 1 aliphatic rings. The molecule has 0 atom stereocenters. The van der Waals surface area contributed by atoms with Crippen LogP contribution in [0, 0.1) is 13.8 Å². The number of rotatable bonds is 2. The lowest BCUT2D eigenvalue weighted by Crippen LogP contribution is -2.01. The zero-order valence-corrected chi connectivity index (χ0v) is 15.0. The summed E-state index contributed by atoms with van der Waals surface area (Å²) < 4.78 is 0. The zero-order chi connectivity index (χ0) is 15.1. The molecular weight excluding hydrogens is 326 g/mol. The second-order valence-corrected chi connectivity index (χ2v) is 7.12. The molecule has 23 heavy (non-hydrogen) atoms. The molecule has 4 rings (SSSR count). The van der Waals surface area contributed by atoms with Gasteiger partial charge in [0.1, 0.15) is 17.0 Å². The Hall–Kier alpha value is -1.65. The smallest absolute Gasteiger partial charge is 0.142 e. The van der Waals surface area contributed by atoms with Crippen molar-refractivity contribution in [2.75, 3.05) is 5.32 Å². The molecular formula is C18H20ClN3S. The fraction of sp³-hybridized carbons (Fsp3) is 0.333. The van der Waals surface area contributed by atoms with E-state index in [1.54, 1.807) is 6.33 Å². The third kappa shape index (κ3) is 2.93. The summed E-state index contributed by atoms with van der Waals surface area (Å²) >= 11 is 1.84. The van der Waals surface area contributed by atoms with Crippen LogP contribution in [0.2, 0.25) is 0 Å². The number of fused-ring (bicyclic) bond motifs is 3. The summed E-state index contributed by atoms with van der Waals surface area (Å²) in [7, 11) is 0. The SMILES string of the molecule is Cc1ccc(Nc2ncnc3sc4c(c23)CCCC4)cc1C.Cl. The molecule has 0 amide bonds. The Kier molecular flexibility index (Phi) is 4.55. The Morgan fingerprint density at radius 1 is 1.04 bits per heavy atom. The average Bonchev–Trinajstić information content (AvgIpc) is 2.90. The number of nitrogens with one attached hydrogen (secondary N) is 1. The van der Waals surface area contributed by atoms with Gasteiger partial charge < -0.3 is 5.32 Å². The summed E-state index contributed by atoms with van der Waals surface area (Å²) in [4.78, 5) is 11.6. The standard InChI is InChI=1S/C18H19N3S.ClH/c1-11-7-8-13(9-12(11)2)21-17-16-14-5-3-4-6-15(14)22-18(16)20-10-19-17;/h7-10H,3-6H2,1-2H3,(H,19,20,21);1H. The van der Waals surface area contributed by atoms with Crippen LogP contribution in [0.15, 0.2) is 24.5 Å². The van der Waals surface area contributed by atoms with Gasteiger partial charge in [0.05, 0.1) is 5.39 Å². The summed E-state index contributed by atoms with van der Waals surface area (Å²) in [5.41, 5.74) is 5.17. The molecule has 0 saturated carbocycles. The Morgan fingerprint density at radius 3 is 2.70 bits per heavy atom. The van der Waals surface area contributed by atoms with Crippen molar-refractivity contribution in [3.8, 4) is 0 Å². The van der Waals surface area contributed by atoms with Gasteiger partial charge in [0.15, 0.2) is 0 Å². The van der Waals surface area contributed by atoms with E-state index < -0.39 is 0 Å². The molecule has 0 radical (unpaired) electrons. The van der Waals surface area contributed by atoms with Crippen molar-refractivity contribution in [3.05, 3.63) is 46.1 Å². The van der Waals surface area contributed by atoms with Gasteiger partial charge in [0.2, 0.25) is 0 Å². The van der Waals surface area contributed by atoms with Gasteiger partial charge in [0.25, 0.3) is 0 Å². The molecule has 3 aromatic rings. The van der Waals surface area contributed by atoms with Crippen molar-refractivity contribution < 1.29 is 0 Å². The molecule has 1 N–H and O–H groups in total. The minimum absolute atomic E-state index is 0. The van der Waals surface area contributed by atoms with E-state index in [0.717, 1.165) is 22.8 Å². The van der Waals surface area contributed by atoms with Gasteiger partial charge >= 0.3 is 0 Å². The molecule has 1 aliphatic carbocycles. The number of anilines is 2. The molecule has 1 aromatic carbocycles. The Bertz CT molecular complexity index is 857. The number of halogens is 1. The minimum atomic E-state index is 0. The van der Waals surface area contributed by atoms with Crippen molar-refractivity contribution >= 4 is 45.5 Å². The Morgan fingerprint density at radius 2 is 1.87 bits per heavy atom. The van der Waals surface area contributed by atoms with E-state index in [2.05, 4.69) is 47.3 Å². The highest BCUT2D eigenvalue weighted by Gasteiger charge is 2.19. The molecule has 5 heteroatoms. The van der Waals surface area contributed by atoms with Gasteiger partial charge in [-0.25, -0.2) is 9.97 Å². The third-order valence-electron chi connectivity index (χ3n) is 4.52. The molecule has 0 aliphatic heterocycles. The highest BCUT2D eigenvalue weighted by molar-refractivity contribution is 7.19. The number of benzene rings is 1. The largest absolute Gasteiger partial charge is 0.340 e. The summed E-state index contributed by atoms with van der Waals surface area (Å²) in [6.45, 7) is 4.28. The van der Waals surface area contributed by atoms with Crippen LogP contribution in [0.25, 0.3) is 10.2 Å². The van der Waals surface area contributed by atoms with Crippen LogP contribution in [0.1, 0.15) is 34.4 Å². The van der Waals surface area contributed by atoms with Crippen molar-refractivity contribution in [3.63, 3.8) is 0 Å². The molecule has 120 valence electrons. The Labute approximate surface area is 146 Å². The van der Waals surface area contributed by atoms with Gasteiger partial charge in [-0.1, -0.05) is 6.07 Å². The van der Waals surface area contributed by atoms with Crippen LogP contribution in [0.5, 0.6) is 0 Å². The van der Waals surface area contributed by atoms with E-state index in [4.69, 9.17) is 0 Å². The fourth-order valence-electron chi connectivity index (χ4n) is 3.14. The van der Waals surface area contributed by atoms with Gasteiger partial charge in [-0.15, -0.1) is 23.7 Å². The predicted molar refractivity (Wildman–Crippen MR) is 101 cm³/mol. The maximum Gasteiger partial charge on any atom is 0.142 e. The number of thiophene rings is 1. The lowest BCUT2D eigenvalue weighted by atomic mass is 9.97. The molecule has 0 bridgehead atoms. The summed E-state index contributed by atoms with van der Waals surface area (Å²) in [6, 6.07) is 6.45. The van der Waals surface area contributed by atoms with Crippen molar-refractivity contribution in [2.45, 2.75) is 39.5 Å². The zero-order valence-electron chi connectivity index (χ0n) is 13.3. The van der Waals surface area contributed by atoms with Crippen LogP contribution < -0.4 is 5.32 Å². The number of hydrogen-bond acceptors (Lipinski definition) is 4. The number of aromatic nitrogens is 2. The van der Waals surface area contributed by atoms with Crippen LogP contribution >= 0.6 is 23.7 Å². The molecule has 2 heterocycles. The van der Waals surface area contributed by atoms with Crippen molar-refractivity contribution in [1.82, 2.24) is 9.97 Å². The highest BCUT2D eigenvalue weighted by Crippen LogP contribution is 2.38. The topological polar surface area (TPSA) is 37.8 Å². The molecule has 0 spiro atoms. The van der Waals surface area contributed by atoms with E-state index in [1.165, 1.54) is 46.2 Å². The van der Waals surface area contributed by atoms with E-state index in [9.17, 15) is 0 Å². The van der Waals surface area contributed by atoms with Crippen LogP contribution in [0.3, 0.4) is 0 Å². The minimum Gasteiger partial charge on any atom is -0.340 e. The first-order valence-electron chi connectivity index (χ1n) is 7.82. The number of aryl methyl sites for hydroxylation is 4. The number of hydrogen-bond donors (Lipinski definition) is 1. The second kappa shape index (κ2) is 6.46. The average molecular weight is 346 g/mol. The molecule has 0 fully saturated rings. The monoisotopic (exact) mass is 345 g/mol. The van der Waals surface area contributed by atoms with E-state index in [0.29, 0.717) is 0 Å². The van der Waals surface area contributed by atoms with E-state index in [1.807, 2.05) is 11.3 Å². The molecule has 0 saturated heterocycles.